The molecule has 1 fully saturated rings. The quantitative estimate of drug-likeness (QED) is 0.868. The fraction of sp³-hybridized carbons (Fsp3) is 0.500. The second-order valence-corrected chi connectivity index (χ2v) is 4.53. The smallest absolute Gasteiger partial charge is 0.351 e. The topological polar surface area (TPSA) is 49.8 Å². The van der Waals surface area contributed by atoms with Gasteiger partial charge in [-0.3, -0.25) is 4.90 Å². The van der Waals surface area contributed by atoms with Gasteiger partial charge in [0.1, 0.15) is 0 Å². The van der Waals surface area contributed by atoms with E-state index in [2.05, 4.69) is 0 Å². The van der Waals surface area contributed by atoms with Crippen LogP contribution in [0.1, 0.15) is 25.3 Å². The van der Waals surface area contributed by atoms with Crippen LogP contribution in [0.2, 0.25) is 0 Å². The van der Waals surface area contributed by atoms with Gasteiger partial charge >= 0.3 is 5.97 Å². The van der Waals surface area contributed by atoms with Crippen LogP contribution in [-0.2, 0) is 16.1 Å². The summed E-state index contributed by atoms with van der Waals surface area (Å²) in [6.45, 7) is 3.63. The first-order valence-electron chi connectivity index (χ1n) is 6.35. The number of hydrogen-bond donors (Lipinski definition) is 1. The Kier molecular flexibility index (Phi) is 3.99. The maximum atomic E-state index is 11.5. The Labute approximate surface area is 107 Å². The lowest BCUT2D eigenvalue weighted by atomic mass is 10.1. The predicted molar refractivity (Wildman–Crippen MR) is 68.1 cm³/mol. The van der Waals surface area contributed by atoms with Crippen LogP contribution in [0, 0.1) is 0 Å². The van der Waals surface area contributed by atoms with Crippen molar-refractivity contribution in [2.75, 3.05) is 13.2 Å². The minimum absolute atomic E-state index is 0.414. The molecular formula is C14H19NO3. The highest BCUT2D eigenvalue weighted by Crippen LogP contribution is 2.32. The van der Waals surface area contributed by atoms with Gasteiger partial charge in [0.25, 0.3) is 0 Å². The molecule has 4 heteroatoms. The lowest BCUT2D eigenvalue weighted by Gasteiger charge is -2.34. The summed E-state index contributed by atoms with van der Waals surface area (Å²) in [4.78, 5) is 13.5. The maximum absolute atomic E-state index is 11.5. The molecule has 1 unspecified atom stereocenters. The van der Waals surface area contributed by atoms with Crippen molar-refractivity contribution in [1.29, 1.82) is 0 Å². The van der Waals surface area contributed by atoms with Gasteiger partial charge in [-0.1, -0.05) is 30.3 Å². The van der Waals surface area contributed by atoms with Gasteiger partial charge in [-0.2, -0.15) is 0 Å². The van der Waals surface area contributed by atoms with Crippen molar-refractivity contribution in [3.8, 4) is 0 Å². The van der Waals surface area contributed by atoms with Crippen molar-refractivity contribution in [2.45, 2.75) is 32.0 Å². The Hall–Kier alpha value is -1.39. The summed E-state index contributed by atoms with van der Waals surface area (Å²) in [5, 5.41) is 9.48. The van der Waals surface area contributed by atoms with Crippen LogP contribution in [-0.4, -0.2) is 34.9 Å². The monoisotopic (exact) mass is 249 g/mol. The van der Waals surface area contributed by atoms with E-state index in [1.165, 1.54) is 0 Å². The molecule has 1 aromatic rings. The number of nitrogens with zero attached hydrogens (tertiary/aromatic N) is 1. The molecule has 1 aliphatic rings. The number of rotatable bonds is 5. The summed E-state index contributed by atoms with van der Waals surface area (Å²) >= 11 is 0. The molecule has 0 amide bonds. The van der Waals surface area contributed by atoms with Crippen LogP contribution in [0.3, 0.4) is 0 Å². The third-order valence-corrected chi connectivity index (χ3v) is 3.39. The normalized spacial score (nSPS) is 24.3. The van der Waals surface area contributed by atoms with Gasteiger partial charge in [0, 0.05) is 26.1 Å². The zero-order valence-corrected chi connectivity index (χ0v) is 10.6. The van der Waals surface area contributed by atoms with Gasteiger partial charge in [0.15, 0.2) is 0 Å². The van der Waals surface area contributed by atoms with Crippen molar-refractivity contribution in [3.05, 3.63) is 35.9 Å². The van der Waals surface area contributed by atoms with Gasteiger partial charge in [-0.25, -0.2) is 4.79 Å². The molecule has 0 aromatic heterocycles. The summed E-state index contributed by atoms with van der Waals surface area (Å²) < 4.78 is 5.56. The molecule has 0 saturated carbocycles. The first kappa shape index (κ1) is 13.1. The molecule has 2 rings (SSSR count). The van der Waals surface area contributed by atoms with E-state index in [0.29, 0.717) is 19.6 Å². The van der Waals surface area contributed by atoms with Crippen LogP contribution >= 0.6 is 0 Å². The SMILES string of the molecule is CCOC1(C(=O)O)CCCN1Cc1ccccc1. The molecule has 1 saturated heterocycles. The van der Waals surface area contributed by atoms with E-state index < -0.39 is 11.7 Å². The molecule has 0 aliphatic carbocycles. The number of aliphatic carboxylic acids is 1. The number of carboxylic acid groups (broad SMARTS) is 1. The molecule has 0 spiro atoms. The van der Waals surface area contributed by atoms with E-state index in [1.807, 2.05) is 42.2 Å². The van der Waals surface area contributed by atoms with E-state index >= 15 is 0 Å². The molecule has 0 radical (unpaired) electrons. The molecule has 1 atom stereocenters. The van der Waals surface area contributed by atoms with Crippen LogP contribution in [0.25, 0.3) is 0 Å². The number of ether oxygens (including phenoxy) is 1. The van der Waals surface area contributed by atoms with E-state index in [0.717, 1.165) is 18.5 Å². The van der Waals surface area contributed by atoms with Crippen LogP contribution < -0.4 is 0 Å². The number of hydrogen-bond acceptors (Lipinski definition) is 3. The summed E-state index contributed by atoms with van der Waals surface area (Å²) in [5.74, 6) is -0.877. The molecule has 1 N–H and O–H groups in total. The minimum Gasteiger partial charge on any atom is -0.478 e. The lowest BCUT2D eigenvalue weighted by molar-refractivity contribution is -0.190. The highest BCUT2D eigenvalue weighted by atomic mass is 16.5. The summed E-state index contributed by atoms with van der Waals surface area (Å²) in [6, 6.07) is 9.91. The maximum Gasteiger partial charge on any atom is 0.351 e. The first-order chi connectivity index (χ1) is 8.69. The predicted octanol–water partition coefficient (Wildman–Crippen LogP) is 2.10. The van der Waals surface area contributed by atoms with Gasteiger partial charge in [0.05, 0.1) is 0 Å². The Morgan fingerprint density at radius 3 is 2.78 bits per heavy atom. The fourth-order valence-corrected chi connectivity index (χ4v) is 2.56. The minimum atomic E-state index is -1.13. The zero-order chi connectivity index (χ0) is 13.0. The third-order valence-electron chi connectivity index (χ3n) is 3.39. The van der Waals surface area contributed by atoms with Gasteiger partial charge in [-0.05, 0) is 18.9 Å². The molecule has 1 aliphatic heterocycles. The van der Waals surface area contributed by atoms with Crippen molar-refractivity contribution in [2.24, 2.45) is 0 Å². The van der Waals surface area contributed by atoms with E-state index in [-0.39, 0.29) is 0 Å². The first-order valence-corrected chi connectivity index (χ1v) is 6.35. The van der Waals surface area contributed by atoms with E-state index in [9.17, 15) is 9.90 Å². The lowest BCUT2D eigenvalue weighted by Crippen LogP contribution is -2.52. The average molecular weight is 249 g/mol. The van der Waals surface area contributed by atoms with Crippen molar-refractivity contribution in [3.63, 3.8) is 0 Å². The number of carbonyl (C=O) groups is 1. The Morgan fingerprint density at radius 2 is 2.17 bits per heavy atom. The van der Waals surface area contributed by atoms with Crippen molar-refractivity contribution < 1.29 is 14.6 Å². The Morgan fingerprint density at radius 1 is 1.44 bits per heavy atom. The Balaban J connectivity index is 2.18. The molecule has 1 heterocycles. The molecule has 98 valence electrons. The van der Waals surface area contributed by atoms with E-state index in [4.69, 9.17) is 4.74 Å². The van der Waals surface area contributed by atoms with Gasteiger partial charge in [-0.15, -0.1) is 0 Å². The molecular weight excluding hydrogens is 230 g/mol. The average Bonchev–Trinajstić information content (AvgIpc) is 2.75. The largest absolute Gasteiger partial charge is 0.478 e. The number of likely N-dealkylation sites (tertiary alicyclic amines) is 1. The van der Waals surface area contributed by atoms with E-state index in [1.54, 1.807) is 0 Å². The van der Waals surface area contributed by atoms with Crippen LogP contribution in [0.5, 0.6) is 0 Å². The van der Waals surface area contributed by atoms with Crippen LogP contribution in [0.4, 0.5) is 0 Å². The van der Waals surface area contributed by atoms with Crippen LogP contribution in [0.15, 0.2) is 30.3 Å². The molecule has 0 bridgehead atoms. The summed E-state index contributed by atoms with van der Waals surface area (Å²) in [7, 11) is 0. The third kappa shape index (κ3) is 2.40. The van der Waals surface area contributed by atoms with Gasteiger partial charge < -0.3 is 9.84 Å². The highest BCUT2D eigenvalue weighted by Gasteiger charge is 2.48. The molecule has 18 heavy (non-hydrogen) atoms. The van der Waals surface area contributed by atoms with Crippen molar-refractivity contribution >= 4 is 5.97 Å². The molecule has 4 nitrogen and oxygen atoms in total. The van der Waals surface area contributed by atoms with Crippen molar-refractivity contribution in [1.82, 2.24) is 4.90 Å². The Bertz CT molecular complexity index is 407. The number of carboxylic acids is 1. The second-order valence-electron chi connectivity index (χ2n) is 4.53. The zero-order valence-electron chi connectivity index (χ0n) is 10.6. The standard InChI is InChI=1S/C14H19NO3/c1-2-18-14(13(16)17)9-6-10-15(14)11-12-7-4-3-5-8-12/h3-5,7-8H,2,6,9-11H2,1H3,(H,16,17). The summed E-state index contributed by atoms with van der Waals surface area (Å²) in [5.41, 5.74) is -0.0188. The summed E-state index contributed by atoms with van der Waals surface area (Å²) in [6.07, 6.45) is 1.42. The number of benzene rings is 1. The fourth-order valence-electron chi connectivity index (χ4n) is 2.56. The second kappa shape index (κ2) is 5.50. The molecule has 1 aromatic carbocycles. The highest BCUT2D eigenvalue weighted by molar-refractivity contribution is 5.77. The van der Waals surface area contributed by atoms with Gasteiger partial charge in [0.2, 0.25) is 5.72 Å².